The number of nitrogens with zero attached hydrogens (tertiary/aromatic N) is 1. The lowest BCUT2D eigenvalue weighted by Gasteiger charge is -2.24. The summed E-state index contributed by atoms with van der Waals surface area (Å²) in [6, 6.07) is 7.44. The van der Waals surface area contributed by atoms with Crippen molar-refractivity contribution in [2.24, 2.45) is 0 Å². The molecule has 0 bridgehead atoms. The monoisotopic (exact) mass is 349 g/mol. The van der Waals surface area contributed by atoms with Gasteiger partial charge < -0.3 is 10.0 Å². The Hall–Kier alpha value is -2.74. The minimum absolute atomic E-state index is 0.289. The number of anilines is 1. The average Bonchev–Trinajstić information content (AvgIpc) is 2.63. The summed E-state index contributed by atoms with van der Waals surface area (Å²) < 4.78 is 0. The third kappa shape index (κ3) is 7.43. The smallest absolute Gasteiger partial charge is 0.138 e. The number of aromatic hydroxyl groups is 1. The standard InChI is InChI=1S/C24H31NO/c1-5-11-21(12-6-2)17-19-25(23-15-9-10-16-24(23)26)20-18-22(13-7-3)14-8-4/h5-10,15-18,26H,1-4,11-14,19-20H2. The van der Waals surface area contributed by atoms with E-state index in [2.05, 4.69) is 43.4 Å². The molecule has 0 aliphatic rings. The molecule has 138 valence electrons. The van der Waals surface area contributed by atoms with Gasteiger partial charge in [-0.3, -0.25) is 0 Å². The molecule has 1 rings (SSSR count). The van der Waals surface area contributed by atoms with Gasteiger partial charge in [-0.25, -0.2) is 0 Å². The zero-order valence-electron chi connectivity index (χ0n) is 15.7. The van der Waals surface area contributed by atoms with Crippen LogP contribution in [-0.4, -0.2) is 18.2 Å². The van der Waals surface area contributed by atoms with E-state index in [0.717, 1.165) is 31.4 Å². The number of benzene rings is 1. The summed E-state index contributed by atoms with van der Waals surface area (Å²) in [6.07, 6.45) is 15.4. The van der Waals surface area contributed by atoms with Gasteiger partial charge >= 0.3 is 0 Å². The molecule has 0 spiro atoms. The van der Waals surface area contributed by atoms with Crippen molar-refractivity contribution in [2.75, 3.05) is 18.0 Å². The third-order valence-electron chi connectivity index (χ3n) is 4.05. The zero-order valence-corrected chi connectivity index (χ0v) is 15.7. The molecular weight excluding hydrogens is 318 g/mol. The molecule has 0 saturated carbocycles. The van der Waals surface area contributed by atoms with E-state index in [1.165, 1.54) is 11.1 Å². The molecule has 0 unspecified atom stereocenters. The van der Waals surface area contributed by atoms with Crippen LogP contribution in [0.3, 0.4) is 0 Å². The van der Waals surface area contributed by atoms with Gasteiger partial charge in [0.25, 0.3) is 0 Å². The fraction of sp³-hybridized carbons (Fsp3) is 0.250. The summed E-state index contributed by atoms with van der Waals surface area (Å²) in [6.45, 7) is 16.7. The first-order valence-corrected chi connectivity index (χ1v) is 8.98. The minimum atomic E-state index is 0.289. The third-order valence-corrected chi connectivity index (χ3v) is 4.05. The zero-order chi connectivity index (χ0) is 19.2. The van der Waals surface area contributed by atoms with E-state index in [1.54, 1.807) is 6.07 Å². The second-order valence-corrected chi connectivity index (χ2v) is 6.09. The van der Waals surface area contributed by atoms with Crippen LogP contribution in [0.5, 0.6) is 5.75 Å². The second-order valence-electron chi connectivity index (χ2n) is 6.09. The Kier molecular flexibility index (Phi) is 10.3. The van der Waals surface area contributed by atoms with Crippen LogP contribution in [-0.2, 0) is 0 Å². The summed E-state index contributed by atoms with van der Waals surface area (Å²) >= 11 is 0. The lowest BCUT2D eigenvalue weighted by atomic mass is 10.1. The SMILES string of the molecule is C=CCC(=CCN(CC=C(CC=C)CC=C)c1ccccc1O)CC=C. The summed E-state index contributed by atoms with van der Waals surface area (Å²) in [5.41, 5.74) is 3.38. The van der Waals surface area contributed by atoms with Crippen LogP contribution in [0.4, 0.5) is 5.69 Å². The maximum atomic E-state index is 10.3. The van der Waals surface area contributed by atoms with Gasteiger partial charge in [-0.15, -0.1) is 26.3 Å². The Morgan fingerprint density at radius 2 is 1.19 bits per heavy atom. The van der Waals surface area contributed by atoms with Crippen molar-refractivity contribution < 1.29 is 5.11 Å². The lowest BCUT2D eigenvalue weighted by molar-refractivity contribution is 0.475. The number of allylic oxidation sites excluding steroid dienone is 6. The predicted octanol–water partition coefficient (Wildman–Crippen LogP) is 6.36. The number of phenolic OH excluding ortho intramolecular Hbond substituents is 1. The number of hydrogen-bond acceptors (Lipinski definition) is 2. The molecular formula is C24H31NO. The summed E-state index contributed by atoms with van der Waals surface area (Å²) in [5.74, 6) is 0.289. The number of para-hydroxylation sites is 2. The molecule has 26 heavy (non-hydrogen) atoms. The molecule has 0 fully saturated rings. The number of rotatable bonds is 13. The Labute approximate surface area is 158 Å². The highest BCUT2D eigenvalue weighted by atomic mass is 16.3. The first kappa shape index (κ1) is 21.3. The minimum Gasteiger partial charge on any atom is -0.506 e. The van der Waals surface area contributed by atoms with Gasteiger partial charge in [0.2, 0.25) is 0 Å². The Balaban J connectivity index is 3.07. The van der Waals surface area contributed by atoms with E-state index in [1.807, 2.05) is 42.5 Å². The fourth-order valence-corrected chi connectivity index (χ4v) is 2.72. The van der Waals surface area contributed by atoms with Gasteiger partial charge in [-0.05, 0) is 37.8 Å². The van der Waals surface area contributed by atoms with Crippen LogP contribution in [0.1, 0.15) is 25.7 Å². The largest absolute Gasteiger partial charge is 0.506 e. The van der Waals surface area contributed by atoms with Crippen LogP contribution in [0, 0.1) is 0 Å². The van der Waals surface area contributed by atoms with Gasteiger partial charge in [0.15, 0.2) is 0 Å². The van der Waals surface area contributed by atoms with E-state index in [-0.39, 0.29) is 5.75 Å². The van der Waals surface area contributed by atoms with E-state index in [0.29, 0.717) is 13.1 Å². The van der Waals surface area contributed by atoms with Gasteiger partial charge in [0.05, 0.1) is 5.69 Å². The molecule has 0 radical (unpaired) electrons. The molecule has 0 amide bonds. The molecule has 1 aromatic rings. The van der Waals surface area contributed by atoms with Crippen molar-refractivity contribution in [3.63, 3.8) is 0 Å². The normalized spacial score (nSPS) is 9.69. The molecule has 0 aromatic heterocycles. The van der Waals surface area contributed by atoms with E-state index in [9.17, 15) is 5.11 Å². The molecule has 0 aliphatic carbocycles. The molecule has 0 saturated heterocycles. The first-order valence-electron chi connectivity index (χ1n) is 8.98. The molecule has 2 heteroatoms. The second kappa shape index (κ2) is 12.6. The van der Waals surface area contributed by atoms with Crippen molar-refractivity contribution in [1.82, 2.24) is 0 Å². The molecule has 1 aromatic carbocycles. The quantitative estimate of drug-likeness (QED) is 0.419. The van der Waals surface area contributed by atoms with E-state index < -0.39 is 0 Å². The highest BCUT2D eigenvalue weighted by Crippen LogP contribution is 2.27. The van der Waals surface area contributed by atoms with Crippen LogP contribution in [0.2, 0.25) is 0 Å². The highest BCUT2D eigenvalue weighted by Gasteiger charge is 2.09. The van der Waals surface area contributed by atoms with Crippen molar-refractivity contribution in [2.45, 2.75) is 25.7 Å². The van der Waals surface area contributed by atoms with Crippen molar-refractivity contribution in [3.8, 4) is 5.75 Å². The predicted molar refractivity (Wildman–Crippen MR) is 116 cm³/mol. The van der Waals surface area contributed by atoms with E-state index in [4.69, 9.17) is 0 Å². The van der Waals surface area contributed by atoms with Crippen LogP contribution in [0.15, 0.2) is 98.2 Å². The highest BCUT2D eigenvalue weighted by molar-refractivity contribution is 5.58. The Morgan fingerprint density at radius 1 is 0.769 bits per heavy atom. The first-order chi connectivity index (χ1) is 12.7. The van der Waals surface area contributed by atoms with Crippen molar-refractivity contribution >= 4 is 5.69 Å². The summed E-state index contributed by atoms with van der Waals surface area (Å²) in [4.78, 5) is 2.16. The molecule has 0 heterocycles. The average molecular weight is 350 g/mol. The number of hydrogen-bond donors (Lipinski definition) is 1. The molecule has 1 N–H and O–H groups in total. The van der Waals surface area contributed by atoms with Gasteiger partial charge in [-0.2, -0.15) is 0 Å². The Bertz CT molecular complexity index is 607. The maximum absolute atomic E-state index is 10.3. The summed E-state index contributed by atoms with van der Waals surface area (Å²) in [5, 5.41) is 10.3. The molecule has 0 aliphatic heterocycles. The van der Waals surface area contributed by atoms with Gasteiger partial charge in [-0.1, -0.05) is 59.7 Å². The van der Waals surface area contributed by atoms with Crippen LogP contribution < -0.4 is 4.90 Å². The van der Waals surface area contributed by atoms with Crippen LogP contribution in [0.25, 0.3) is 0 Å². The maximum Gasteiger partial charge on any atom is 0.138 e. The molecule has 0 atom stereocenters. The van der Waals surface area contributed by atoms with E-state index >= 15 is 0 Å². The molecule has 2 nitrogen and oxygen atoms in total. The van der Waals surface area contributed by atoms with Crippen molar-refractivity contribution in [3.05, 3.63) is 98.2 Å². The Morgan fingerprint density at radius 3 is 1.58 bits per heavy atom. The van der Waals surface area contributed by atoms with Crippen LogP contribution >= 0.6 is 0 Å². The van der Waals surface area contributed by atoms with Gasteiger partial charge in [0, 0.05) is 13.1 Å². The fourth-order valence-electron chi connectivity index (χ4n) is 2.72. The topological polar surface area (TPSA) is 23.5 Å². The number of phenols is 1. The lowest BCUT2D eigenvalue weighted by Crippen LogP contribution is -2.24. The van der Waals surface area contributed by atoms with Gasteiger partial charge in [0.1, 0.15) is 5.75 Å². The van der Waals surface area contributed by atoms with Crippen molar-refractivity contribution in [1.29, 1.82) is 0 Å². The summed E-state index contributed by atoms with van der Waals surface area (Å²) in [7, 11) is 0.